The van der Waals surface area contributed by atoms with Gasteiger partial charge in [-0.05, 0) is 52.4 Å². The molecule has 0 spiro atoms. The van der Waals surface area contributed by atoms with Crippen molar-refractivity contribution in [3.05, 3.63) is 139 Å². The Morgan fingerprint density at radius 2 is 1.53 bits per heavy atom. The molecule has 4 aromatic carbocycles. The van der Waals surface area contributed by atoms with Crippen LogP contribution in [0.2, 0.25) is 0 Å². The monoisotopic (exact) mass is 471 g/mol. The molecule has 36 heavy (non-hydrogen) atoms. The fraction of sp³-hybridized carbons (Fsp3) is 0.121. The second-order valence-electron chi connectivity index (χ2n) is 9.09. The van der Waals surface area contributed by atoms with E-state index >= 15 is 0 Å². The topological polar surface area (TPSA) is 29.5 Å². The van der Waals surface area contributed by atoms with Crippen LogP contribution in [0.1, 0.15) is 24.0 Å². The lowest BCUT2D eigenvalue weighted by molar-refractivity contribution is -0.140. The summed E-state index contributed by atoms with van der Waals surface area (Å²) < 4.78 is 5.37. The Morgan fingerprint density at radius 3 is 2.19 bits per heavy atom. The average molecular weight is 472 g/mol. The van der Waals surface area contributed by atoms with Crippen molar-refractivity contribution >= 4 is 33.2 Å². The molecule has 178 valence electrons. The summed E-state index contributed by atoms with van der Waals surface area (Å²) in [4.78, 5) is 13.9. The first-order valence-corrected chi connectivity index (χ1v) is 12.2. The summed E-state index contributed by atoms with van der Waals surface area (Å²) in [6.45, 7) is 9.43. The normalized spacial score (nSPS) is 17.2. The second kappa shape index (κ2) is 10.1. The Morgan fingerprint density at radius 1 is 0.917 bits per heavy atom. The third kappa shape index (κ3) is 4.36. The molecular weight excluding hydrogens is 442 g/mol. The first kappa shape index (κ1) is 23.4. The molecule has 0 bridgehead atoms. The van der Waals surface area contributed by atoms with E-state index < -0.39 is 0 Å². The molecule has 2 aliphatic rings. The number of carbonyl (C=O) groups is 1. The molecule has 0 amide bonds. The Labute approximate surface area is 212 Å². The quantitative estimate of drug-likeness (QED) is 0.172. The molecule has 3 nitrogen and oxygen atoms in total. The molecule has 1 aliphatic carbocycles. The lowest BCUT2D eigenvalue weighted by Gasteiger charge is -2.24. The minimum absolute atomic E-state index is 0.257. The van der Waals surface area contributed by atoms with Gasteiger partial charge in [0.2, 0.25) is 0 Å². The van der Waals surface area contributed by atoms with Crippen LogP contribution < -0.4 is 4.90 Å². The number of carbonyl (C=O) groups excluding carboxylic acids is 1. The molecule has 0 aromatic heterocycles. The van der Waals surface area contributed by atoms with Crippen molar-refractivity contribution in [2.45, 2.75) is 25.5 Å². The highest BCUT2D eigenvalue weighted by molar-refractivity contribution is 6.02. The van der Waals surface area contributed by atoms with Crippen LogP contribution in [0.4, 0.5) is 5.69 Å². The minimum atomic E-state index is -0.355. The summed E-state index contributed by atoms with van der Waals surface area (Å²) in [5, 5.41) is 4.53. The number of esters is 1. The molecule has 2 atom stereocenters. The van der Waals surface area contributed by atoms with Gasteiger partial charge < -0.3 is 9.64 Å². The van der Waals surface area contributed by atoms with E-state index in [2.05, 4.69) is 97.0 Å². The van der Waals surface area contributed by atoms with Gasteiger partial charge in [-0.2, -0.15) is 0 Å². The molecule has 0 N–H and O–H groups in total. The second-order valence-corrected chi connectivity index (χ2v) is 9.09. The van der Waals surface area contributed by atoms with Crippen molar-refractivity contribution in [2.75, 3.05) is 4.90 Å². The number of para-hydroxylation sites is 1. The number of hydrogen-bond donors (Lipinski definition) is 0. The lowest BCUT2D eigenvalue weighted by atomic mass is 9.92. The lowest BCUT2D eigenvalue weighted by Crippen LogP contribution is -2.27. The van der Waals surface area contributed by atoms with E-state index in [4.69, 9.17) is 4.74 Å². The van der Waals surface area contributed by atoms with E-state index in [0.29, 0.717) is 17.5 Å². The molecule has 1 heterocycles. The van der Waals surface area contributed by atoms with Gasteiger partial charge >= 0.3 is 5.97 Å². The fourth-order valence-electron chi connectivity index (χ4n) is 5.06. The van der Waals surface area contributed by atoms with E-state index in [9.17, 15) is 4.79 Å². The summed E-state index contributed by atoms with van der Waals surface area (Å²) >= 11 is 0. The van der Waals surface area contributed by atoms with Crippen molar-refractivity contribution < 1.29 is 9.53 Å². The SMILES string of the molecule is C=C(C)C(=O)OCc1c2ccccc2cc2ccccc12.C=CN1c2ccccc2C2C=CC=CC21. The molecular formula is C33H29NO2. The van der Waals surface area contributed by atoms with Gasteiger partial charge in [0.25, 0.3) is 0 Å². The number of nitrogens with zero attached hydrogens (tertiary/aromatic N) is 1. The van der Waals surface area contributed by atoms with Crippen molar-refractivity contribution in [2.24, 2.45) is 0 Å². The highest BCUT2D eigenvalue weighted by Gasteiger charge is 2.34. The summed E-state index contributed by atoms with van der Waals surface area (Å²) in [5.74, 6) is 0.135. The summed E-state index contributed by atoms with van der Waals surface area (Å²) in [6, 6.07) is 27.4. The van der Waals surface area contributed by atoms with E-state index in [1.807, 2.05) is 30.5 Å². The number of rotatable bonds is 4. The highest BCUT2D eigenvalue weighted by Crippen LogP contribution is 2.43. The minimum Gasteiger partial charge on any atom is -0.457 e. The first-order chi connectivity index (χ1) is 17.6. The van der Waals surface area contributed by atoms with Crippen LogP contribution in [0.15, 0.2) is 128 Å². The Balaban J connectivity index is 0.000000156. The van der Waals surface area contributed by atoms with E-state index in [1.54, 1.807) is 6.92 Å². The van der Waals surface area contributed by atoms with Gasteiger partial charge in [0.1, 0.15) is 6.61 Å². The van der Waals surface area contributed by atoms with Crippen molar-refractivity contribution in [1.29, 1.82) is 0 Å². The number of ether oxygens (including phenoxy) is 1. The van der Waals surface area contributed by atoms with Gasteiger partial charge in [0, 0.05) is 22.7 Å². The number of hydrogen-bond acceptors (Lipinski definition) is 3. The van der Waals surface area contributed by atoms with Gasteiger partial charge in [-0.3, -0.25) is 0 Å². The smallest absolute Gasteiger partial charge is 0.333 e. The highest BCUT2D eigenvalue weighted by atomic mass is 16.5. The zero-order chi connectivity index (χ0) is 25.1. The Hall–Kier alpha value is -4.37. The standard InChI is InChI=1S/C19H16O2.C14H13N/c1-13(2)19(20)21-12-18-16-9-5-3-7-14(16)11-15-8-4-6-10-17(15)18;1-2-15-13-9-5-3-7-11(13)12-8-4-6-10-14(12)15/h3-11H,1,12H2,2H3;2-11,13H,1H2. The molecule has 3 heteroatoms. The maximum Gasteiger partial charge on any atom is 0.333 e. The number of fused-ring (bicyclic) bond motifs is 5. The molecule has 2 unspecified atom stereocenters. The van der Waals surface area contributed by atoms with Gasteiger partial charge in [-0.1, -0.05) is 104 Å². The largest absolute Gasteiger partial charge is 0.457 e. The number of allylic oxidation sites excluding steroid dienone is 2. The summed E-state index contributed by atoms with van der Waals surface area (Å²) in [6.07, 6.45) is 10.7. The van der Waals surface area contributed by atoms with E-state index in [1.165, 1.54) is 11.3 Å². The van der Waals surface area contributed by atoms with Crippen molar-refractivity contribution in [3.63, 3.8) is 0 Å². The maximum absolute atomic E-state index is 11.7. The Bertz CT molecular complexity index is 1450. The third-order valence-corrected chi connectivity index (χ3v) is 6.78. The van der Waals surface area contributed by atoms with Gasteiger partial charge in [-0.15, -0.1) is 0 Å². The molecule has 6 rings (SSSR count). The third-order valence-electron chi connectivity index (χ3n) is 6.78. The predicted molar refractivity (Wildman–Crippen MR) is 150 cm³/mol. The molecule has 0 fully saturated rings. The van der Waals surface area contributed by atoms with Gasteiger partial charge in [0.05, 0.1) is 6.04 Å². The van der Waals surface area contributed by atoms with Crippen molar-refractivity contribution in [1.82, 2.24) is 0 Å². The molecule has 0 radical (unpaired) electrons. The average Bonchev–Trinajstić information content (AvgIpc) is 3.25. The summed E-state index contributed by atoms with van der Waals surface area (Å²) in [7, 11) is 0. The van der Waals surface area contributed by atoms with Crippen LogP contribution in [0.25, 0.3) is 21.5 Å². The van der Waals surface area contributed by atoms with E-state index in [-0.39, 0.29) is 12.6 Å². The van der Waals surface area contributed by atoms with Crippen LogP contribution in [0.3, 0.4) is 0 Å². The molecule has 0 saturated carbocycles. The first-order valence-electron chi connectivity index (χ1n) is 12.2. The molecule has 4 aromatic rings. The zero-order valence-corrected chi connectivity index (χ0v) is 20.4. The van der Waals surface area contributed by atoms with Crippen LogP contribution in [-0.2, 0) is 16.1 Å². The number of benzene rings is 4. The zero-order valence-electron chi connectivity index (χ0n) is 20.4. The number of anilines is 1. The Kier molecular flexibility index (Phi) is 6.55. The molecule has 1 aliphatic heterocycles. The molecule has 0 saturated heterocycles. The van der Waals surface area contributed by atoms with Gasteiger partial charge in [-0.25, -0.2) is 4.79 Å². The predicted octanol–water partition coefficient (Wildman–Crippen LogP) is 7.84. The van der Waals surface area contributed by atoms with Crippen LogP contribution in [0.5, 0.6) is 0 Å². The fourth-order valence-corrected chi connectivity index (χ4v) is 5.06. The van der Waals surface area contributed by atoms with Crippen molar-refractivity contribution in [3.8, 4) is 0 Å². The van der Waals surface area contributed by atoms with E-state index in [0.717, 1.165) is 27.1 Å². The summed E-state index contributed by atoms with van der Waals surface area (Å²) in [5.41, 5.74) is 4.15. The van der Waals surface area contributed by atoms with Crippen LogP contribution in [0, 0.1) is 0 Å². The van der Waals surface area contributed by atoms with Gasteiger partial charge in [0.15, 0.2) is 0 Å². The maximum atomic E-state index is 11.7. The van der Waals surface area contributed by atoms with Crippen LogP contribution >= 0.6 is 0 Å². The van der Waals surface area contributed by atoms with Crippen LogP contribution in [-0.4, -0.2) is 12.0 Å².